The summed E-state index contributed by atoms with van der Waals surface area (Å²) in [7, 11) is 0. The van der Waals surface area contributed by atoms with Crippen LogP contribution in [-0.4, -0.2) is 36.5 Å². The van der Waals surface area contributed by atoms with E-state index in [4.69, 9.17) is 10.5 Å². The predicted octanol–water partition coefficient (Wildman–Crippen LogP) is 1.97. The topological polar surface area (TPSA) is 55.6 Å². The summed E-state index contributed by atoms with van der Waals surface area (Å²) < 4.78 is 5.50. The van der Waals surface area contributed by atoms with E-state index in [1.54, 1.807) is 0 Å². The van der Waals surface area contributed by atoms with Crippen LogP contribution in [0.15, 0.2) is 18.2 Å². The second-order valence-electron chi connectivity index (χ2n) is 5.65. The van der Waals surface area contributed by atoms with E-state index in [0.717, 1.165) is 55.7 Å². The lowest BCUT2D eigenvalue weighted by atomic mass is 9.97. The van der Waals surface area contributed by atoms with E-state index in [2.05, 4.69) is 0 Å². The fourth-order valence-corrected chi connectivity index (χ4v) is 3.25. The lowest BCUT2D eigenvalue weighted by molar-refractivity contribution is 0.0605. The van der Waals surface area contributed by atoms with E-state index in [-0.39, 0.29) is 5.91 Å². The summed E-state index contributed by atoms with van der Waals surface area (Å²) in [5, 5.41) is 0. The van der Waals surface area contributed by atoms with E-state index >= 15 is 0 Å². The maximum atomic E-state index is 12.7. The van der Waals surface area contributed by atoms with Crippen molar-refractivity contribution in [3.8, 4) is 5.75 Å². The van der Waals surface area contributed by atoms with Crippen LogP contribution in [0.1, 0.15) is 41.6 Å². The molecule has 2 heterocycles. The van der Waals surface area contributed by atoms with Crippen LogP contribution in [0, 0.1) is 0 Å². The van der Waals surface area contributed by atoms with Gasteiger partial charge < -0.3 is 15.4 Å². The van der Waals surface area contributed by atoms with Gasteiger partial charge in [0.2, 0.25) is 0 Å². The number of nitrogens with two attached hydrogens (primary N) is 1. The molecular formula is C16H22N2O2. The van der Waals surface area contributed by atoms with Crippen LogP contribution >= 0.6 is 0 Å². The highest BCUT2D eigenvalue weighted by Crippen LogP contribution is 2.28. The Balaban J connectivity index is 1.80. The van der Waals surface area contributed by atoms with Crippen molar-refractivity contribution in [3.63, 3.8) is 0 Å². The van der Waals surface area contributed by atoms with Crippen LogP contribution in [0.5, 0.6) is 5.75 Å². The molecule has 1 aromatic rings. The lowest BCUT2D eigenvalue weighted by Gasteiger charge is -2.35. The van der Waals surface area contributed by atoms with E-state index in [0.29, 0.717) is 12.6 Å². The van der Waals surface area contributed by atoms with Gasteiger partial charge in [0.1, 0.15) is 5.75 Å². The van der Waals surface area contributed by atoms with Gasteiger partial charge in [-0.3, -0.25) is 4.79 Å². The zero-order valence-electron chi connectivity index (χ0n) is 11.8. The number of likely N-dealkylation sites (tertiary alicyclic amines) is 1. The Morgan fingerprint density at radius 2 is 2.30 bits per heavy atom. The van der Waals surface area contributed by atoms with Crippen LogP contribution < -0.4 is 10.5 Å². The molecule has 0 aliphatic carbocycles. The molecule has 4 heteroatoms. The molecule has 108 valence electrons. The summed E-state index contributed by atoms with van der Waals surface area (Å²) in [5.41, 5.74) is 7.63. The van der Waals surface area contributed by atoms with E-state index in [1.807, 2.05) is 23.1 Å². The molecule has 3 rings (SSSR count). The molecule has 20 heavy (non-hydrogen) atoms. The molecule has 1 unspecified atom stereocenters. The molecule has 0 saturated carbocycles. The normalized spacial score (nSPS) is 21.4. The van der Waals surface area contributed by atoms with Crippen molar-refractivity contribution in [1.29, 1.82) is 0 Å². The molecule has 1 atom stereocenters. The van der Waals surface area contributed by atoms with Gasteiger partial charge in [0.15, 0.2) is 0 Å². The first-order valence-electron chi connectivity index (χ1n) is 7.56. The first-order valence-corrected chi connectivity index (χ1v) is 7.56. The maximum absolute atomic E-state index is 12.7. The summed E-state index contributed by atoms with van der Waals surface area (Å²) in [4.78, 5) is 14.8. The molecule has 1 aromatic carbocycles. The molecule has 2 N–H and O–H groups in total. The van der Waals surface area contributed by atoms with Crippen molar-refractivity contribution >= 4 is 5.91 Å². The number of benzene rings is 1. The van der Waals surface area contributed by atoms with Gasteiger partial charge in [0, 0.05) is 24.6 Å². The average molecular weight is 274 g/mol. The van der Waals surface area contributed by atoms with Crippen LogP contribution in [0.4, 0.5) is 0 Å². The summed E-state index contributed by atoms with van der Waals surface area (Å²) in [6.07, 6.45) is 5.19. The lowest BCUT2D eigenvalue weighted by Crippen LogP contribution is -2.44. The Kier molecular flexibility index (Phi) is 3.92. The Hall–Kier alpha value is -1.55. The minimum absolute atomic E-state index is 0.151. The highest BCUT2D eigenvalue weighted by molar-refractivity contribution is 5.95. The molecule has 1 saturated heterocycles. The smallest absolute Gasteiger partial charge is 0.254 e. The number of ether oxygens (including phenoxy) is 1. The number of carbonyl (C=O) groups is 1. The van der Waals surface area contributed by atoms with Crippen molar-refractivity contribution in [2.75, 3.05) is 19.7 Å². The Morgan fingerprint density at radius 1 is 1.40 bits per heavy atom. The highest BCUT2D eigenvalue weighted by atomic mass is 16.5. The van der Waals surface area contributed by atoms with E-state index in [1.165, 1.54) is 6.42 Å². The summed E-state index contributed by atoms with van der Waals surface area (Å²) in [5.74, 6) is 1.08. The molecule has 4 nitrogen and oxygen atoms in total. The summed E-state index contributed by atoms with van der Waals surface area (Å²) >= 11 is 0. The zero-order valence-corrected chi connectivity index (χ0v) is 11.8. The number of rotatable bonds is 3. The van der Waals surface area contributed by atoms with Gasteiger partial charge in [0.25, 0.3) is 5.91 Å². The number of hydrogen-bond donors (Lipinski definition) is 1. The van der Waals surface area contributed by atoms with Crippen LogP contribution in [0.2, 0.25) is 0 Å². The largest absolute Gasteiger partial charge is 0.493 e. The van der Waals surface area contributed by atoms with Gasteiger partial charge in [-0.15, -0.1) is 0 Å². The molecular weight excluding hydrogens is 252 g/mol. The number of carbonyl (C=O) groups excluding carboxylic acids is 1. The van der Waals surface area contributed by atoms with Crippen molar-refractivity contribution in [2.45, 2.75) is 38.1 Å². The first-order chi connectivity index (χ1) is 9.79. The number of nitrogens with zero attached hydrogens (tertiary/aromatic N) is 1. The number of amides is 1. The molecule has 0 spiro atoms. The molecule has 2 aliphatic heterocycles. The van der Waals surface area contributed by atoms with Gasteiger partial charge in [-0.05, 0) is 56.0 Å². The first kappa shape index (κ1) is 13.4. The molecule has 2 aliphatic rings. The summed E-state index contributed by atoms with van der Waals surface area (Å²) in [6.45, 7) is 2.23. The number of hydrogen-bond acceptors (Lipinski definition) is 3. The van der Waals surface area contributed by atoms with Crippen molar-refractivity contribution in [2.24, 2.45) is 5.73 Å². The quantitative estimate of drug-likeness (QED) is 0.916. The SMILES string of the molecule is NCCC1CCCCN1C(=O)c1ccc2c(c1)CCO2. The molecule has 0 bridgehead atoms. The summed E-state index contributed by atoms with van der Waals surface area (Å²) in [6, 6.07) is 6.13. The zero-order chi connectivity index (χ0) is 13.9. The van der Waals surface area contributed by atoms with Gasteiger partial charge in [0.05, 0.1) is 6.61 Å². The number of fused-ring (bicyclic) bond motifs is 1. The van der Waals surface area contributed by atoms with Gasteiger partial charge in [-0.2, -0.15) is 0 Å². The van der Waals surface area contributed by atoms with Crippen LogP contribution in [-0.2, 0) is 6.42 Å². The molecule has 1 amide bonds. The molecule has 0 radical (unpaired) electrons. The second-order valence-corrected chi connectivity index (χ2v) is 5.65. The molecule has 0 aromatic heterocycles. The Bertz CT molecular complexity index is 499. The third-order valence-corrected chi connectivity index (χ3v) is 4.32. The van der Waals surface area contributed by atoms with E-state index in [9.17, 15) is 4.79 Å². The molecule has 1 fully saturated rings. The Morgan fingerprint density at radius 3 is 3.15 bits per heavy atom. The third-order valence-electron chi connectivity index (χ3n) is 4.32. The van der Waals surface area contributed by atoms with Gasteiger partial charge in [-0.1, -0.05) is 0 Å². The second kappa shape index (κ2) is 5.83. The van der Waals surface area contributed by atoms with Crippen LogP contribution in [0.3, 0.4) is 0 Å². The minimum atomic E-state index is 0.151. The van der Waals surface area contributed by atoms with Gasteiger partial charge >= 0.3 is 0 Å². The fraction of sp³-hybridized carbons (Fsp3) is 0.562. The highest BCUT2D eigenvalue weighted by Gasteiger charge is 2.27. The Labute approximate surface area is 119 Å². The predicted molar refractivity (Wildman–Crippen MR) is 78.0 cm³/mol. The fourth-order valence-electron chi connectivity index (χ4n) is 3.25. The van der Waals surface area contributed by atoms with E-state index < -0.39 is 0 Å². The monoisotopic (exact) mass is 274 g/mol. The van der Waals surface area contributed by atoms with Crippen molar-refractivity contribution in [3.05, 3.63) is 29.3 Å². The van der Waals surface area contributed by atoms with Crippen LogP contribution in [0.25, 0.3) is 0 Å². The standard InChI is InChI=1S/C16H22N2O2/c17-8-6-14-3-1-2-9-18(14)16(19)13-4-5-15-12(11-13)7-10-20-15/h4-5,11,14H,1-3,6-10,17H2. The minimum Gasteiger partial charge on any atom is -0.493 e. The van der Waals surface area contributed by atoms with Crippen molar-refractivity contribution < 1.29 is 9.53 Å². The average Bonchev–Trinajstić information content (AvgIpc) is 2.95. The van der Waals surface area contributed by atoms with Crippen molar-refractivity contribution in [1.82, 2.24) is 4.90 Å². The third kappa shape index (κ3) is 2.52. The van der Waals surface area contributed by atoms with Gasteiger partial charge in [-0.25, -0.2) is 0 Å². The maximum Gasteiger partial charge on any atom is 0.254 e. The number of piperidine rings is 1.